The first-order valence-corrected chi connectivity index (χ1v) is 5.14. The van der Waals surface area contributed by atoms with Gasteiger partial charge in [-0.25, -0.2) is 9.66 Å². The van der Waals surface area contributed by atoms with Crippen molar-refractivity contribution < 1.29 is 0 Å². The smallest absolute Gasteiger partial charge is 0.154 e. The Kier molecular flexibility index (Phi) is 1.40. The Hall–Kier alpha value is -0.520. The van der Waals surface area contributed by atoms with Crippen LogP contribution in [0.25, 0.3) is 6.08 Å². The molecule has 0 amide bonds. The zero-order valence-corrected chi connectivity index (χ0v) is 7.61. The minimum absolute atomic E-state index is 0.0935. The summed E-state index contributed by atoms with van der Waals surface area (Å²) in [4.78, 5) is 4.25. The first kappa shape index (κ1) is 6.21. The lowest BCUT2D eigenvalue weighted by molar-refractivity contribution is 0.890. The van der Waals surface area contributed by atoms with Crippen molar-refractivity contribution in [2.75, 3.05) is 0 Å². The Morgan fingerprint density at radius 3 is 3.30 bits per heavy atom. The molecule has 2 rings (SSSR count). The third kappa shape index (κ3) is 0.920. The molecule has 10 heavy (non-hydrogen) atoms. The highest BCUT2D eigenvalue weighted by Crippen LogP contribution is 2.16. The van der Waals surface area contributed by atoms with Gasteiger partial charge in [0.05, 0.1) is 11.9 Å². The monoisotopic (exact) mass is 247 g/mol. The second kappa shape index (κ2) is 2.26. The van der Waals surface area contributed by atoms with E-state index < -0.39 is 0 Å². The highest BCUT2D eigenvalue weighted by atomic mass is 127. The van der Waals surface area contributed by atoms with Gasteiger partial charge >= 0.3 is 0 Å². The van der Waals surface area contributed by atoms with Gasteiger partial charge in [-0.3, -0.25) is 0 Å². The van der Waals surface area contributed by atoms with E-state index in [0.717, 1.165) is 11.5 Å². The highest BCUT2D eigenvalue weighted by molar-refractivity contribution is 14.2. The maximum atomic E-state index is 4.29. The molecule has 0 N–H and O–H groups in total. The molecule has 3 nitrogen and oxygen atoms in total. The van der Waals surface area contributed by atoms with Crippen LogP contribution in [0, 0.1) is 6.92 Å². The fourth-order valence-electron chi connectivity index (χ4n) is 0.835. The molecule has 1 aromatic heterocycles. The molecule has 0 radical (unpaired) electrons. The lowest BCUT2D eigenvalue weighted by Crippen LogP contribution is -1.88. The largest absolute Gasteiger partial charge is 0.232 e. The molecule has 0 fully saturated rings. The van der Waals surface area contributed by atoms with Gasteiger partial charge in [0, 0.05) is 21.0 Å². The van der Waals surface area contributed by atoms with Crippen molar-refractivity contribution in [1.29, 1.82) is 0 Å². The number of halogens is 1. The van der Waals surface area contributed by atoms with Gasteiger partial charge in [-0.1, -0.05) is 0 Å². The van der Waals surface area contributed by atoms with Gasteiger partial charge in [0.15, 0.2) is 5.82 Å². The van der Waals surface area contributed by atoms with E-state index >= 15 is 0 Å². The van der Waals surface area contributed by atoms with Crippen LogP contribution >= 0.6 is 21.0 Å². The highest BCUT2D eigenvalue weighted by Gasteiger charge is 2.01. The summed E-state index contributed by atoms with van der Waals surface area (Å²) in [5.41, 5.74) is 1.04. The standard InChI is InChI=1S/C6H6IN3/c1-5-4-10-6(8-5)2-3-7-9-10/h2-4H,1H3. The van der Waals surface area contributed by atoms with Crippen molar-refractivity contribution in [2.45, 2.75) is 6.92 Å². The van der Waals surface area contributed by atoms with E-state index in [1.807, 2.05) is 23.9 Å². The SMILES string of the molecule is Cc1cn2c(n1)C=CI=N2. The summed E-state index contributed by atoms with van der Waals surface area (Å²) in [6.45, 7) is 1.98. The van der Waals surface area contributed by atoms with E-state index in [4.69, 9.17) is 0 Å². The predicted molar refractivity (Wildman–Crippen MR) is 47.8 cm³/mol. The number of fused-ring (bicyclic) bond motifs is 1. The molecular formula is C6H6IN3. The first-order valence-electron chi connectivity index (χ1n) is 2.93. The Balaban J connectivity index is 2.64. The van der Waals surface area contributed by atoms with E-state index in [1.54, 1.807) is 0 Å². The molecule has 0 saturated carbocycles. The minimum atomic E-state index is -0.0935. The van der Waals surface area contributed by atoms with Crippen molar-refractivity contribution >= 4 is 27.1 Å². The predicted octanol–water partition coefficient (Wildman–Crippen LogP) is 2.09. The van der Waals surface area contributed by atoms with Crippen LogP contribution < -0.4 is 0 Å². The quantitative estimate of drug-likeness (QED) is 0.645. The minimum Gasteiger partial charge on any atom is -0.232 e. The van der Waals surface area contributed by atoms with Crippen molar-refractivity contribution in [3.05, 3.63) is 21.8 Å². The first-order chi connectivity index (χ1) is 4.86. The van der Waals surface area contributed by atoms with Gasteiger partial charge in [0.1, 0.15) is 0 Å². The lowest BCUT2D eigenvalue weighted by atomic mass is 10.6. The molecule has 4 heteroatoms. The third-order valence-corrected chi connectivity index (χ3v) is 2.62. The molecule has 0 aliphatic carbocycles. The van der Waals surface area contributed by atoms with E-state index in [1.165, 1.54) is 0 Å². The van der Waals surface area contributed by atoms with Crippen LogP contribution in [-0.2, 0) is 0 Å². The number of nitrogens with zero attached hydrogens (tertiary/aromatic N) is 3. The number of imidazole rings is 1. The van der Waals surface area contributed by atoms with Gasteiger partial charge < -0.3 is 0 Å². The topological polar surface area (TPSA) is 30.2 Å². The summed E-state index contributed by atoms with van der Waals surface area (Å²) in [6.07, 6.45) is 3.99. The second-order valence-corrected chi connectivity index (χ2v) is 3.76. The van der Waals surface area contributed by atoms with Crippen molar-refractivity contribution in [1.82, 2.24) is 9.66 Å². The average Bonchev–Trinajstić information content (AvgIpc) is 2.27. The molecule has 1 aliphatic rings. The summed E-state index contributed by atoms with van der Waals surface area (Å²) < 4.78 is 8.27. The Labute approximate surface area is 68.9 Å². The van der Waals surface area contributed by atoms with Gasteiger partial charge in [-0.15, -0.1) is 3.25 Å². The maximum Gasteiger partial charge on any atom is 0.154 e. The summed E-state index contributed by atoms with van der Waals surface area (Å²) in [6, 6.07) is 0. The van der Waals surface area contributed by atoms with Crippen LogP contribution in [0.3, 0.4) is 0 Å². The molecule has 0 bridgehead atoms. The van der Waals surface area contributed by atoms with Gasteiger partial charge in [0.2, 0.25) is 0 Å². The van der Waals surface area contributed by atoms with Crippen LogP contribution in [0.15, 0.2) is 13.5 Å². The number of hydrogen-bond acceptors (Lipinski definition) is 2. The Morgan fingerprint density at radius 1 is 1.60 bits per heavy atom. The van der Waals surface area contributed by atoms with E-state index in [-0.39, 0.29) is 21.0 Å². The lowest BCUT2D eigenvalue weighted by Gasteiger charge is -1.96. The van der Waals surface area contributed by atoms with Crippen LogP contribution in [0.1, 0.15) is 11.5 Å². The van der Waals surface area contributed by atoms with E-state index in [0.29, 0.717) is 0 Å². The zero-order chi connectivity index (χ0) is 6.97. The summed E-state index contributed by atoms with van der Waals surface area (Å²) in [5, 5.41) is 0. The molecule has 0 aromatic carbocycles. The fourth-order valence-corrected chi connectivity index (χ4v) is 2.08. The Morgan fingerprint density at radius 2 is 2.50 bits per heavy atom. The van der Waals surface area contributed by atoms with Crippen molar-refractivity contribution in [3.8, 4) is 0 Å². The summed E-state index contributed by atoms with van der Waals surface area (Å²) in [5.74, 6) is 0.962. The van der Waals surface area contributed by atoms with Crippen molar-refractivity contribution in [2.24, 2.45) is 3.25 Å². The maximum absolute atomic E-state index is 4.29. The van der Waals surface area contributed by atoms with Gasteiger partial charge in [0.25, 0.3) is 0 Å². The van der Waals surface area contributed by atoms with E-state index in [2.05, 4.69) is 12.3 Å². The molecule has 52 valence electrons. The molecular weight excluding hydrogens is 241 g/mol. The zero-order valence-electron chi connectivity index (χ0n) is 5.45. The summed E-state index contributed by atoms with van der Waals surface area (Å²) >= 11 is -0.0935. The number of hydrogen-bond donors (Lipinski definition) is 0. The molecule has 1 aromatic rings. The normalized spacial score (nSPS) is 14.5. The fraction of sp³-hybridized carbons (Fsp3) is 0.167. The molecule has 2 heterocycles. The van der Waals surface area contributed by atoms with Crippen LogP contribution in [0.5, 0.6) is 0 Å². The van der Waals surface area contributed by atoms with E-state index in [9.17, 15) is 0 Å². The molecule has 0 unspecified atom stereocenters. The molecule has 0 spiro atoms. The van der Waals surface area contributed by atoms with Gasteiger partial charge in [-0.2, -0.15) is 0 Å². The third-order valence-electron chi connectivity index (χ3n) is 1.23. The van der Waals surface area contributed by atoms with Crippen molar-refractivity contribution in [3.63, 3.8) is 0 Å². The van der Waals surface area contributed by atoms with Crippen LogP contribution in [0.4, 0.5) is 0 Å². The van der Waals surface area contributed by atoms with Crippen LogP contribution in [0.2, 0.25) is 0 Å². The molecule has 0 atom stereocenters. The number of rotatable bonds is 0. The van der Waals surface area contributed by atoms with Crippen LogP contribution in [-0.4, -0.2) is 9.66 Å². The molecule has 0 saturated heterocycles. The molecule has 1 aliphatic heterocycles. The summed E-state index contributed by atoms with van der Waals surface area (Å²) in [7, 11) is 0. The Bertz CT molecular complexity index is 281. The van der Waals surface area contributed by atoms with Gasteiger partial charge in [-0.05, 0) is 17.1 Å². The second-order valence-electron chi connectivity index (χ2n) is 2.05. The average molecular weight is 247 g/mol. The number of aromatic nitrogens is 2. The number of aryl methyl sites for hydroxylation is 1.